The minimum Gasteiger partial charge on any atom is -0.297 e. The van der Waals surface area contributed by atoms with E-state index in [0.717, 1.165) is 33.0 Å². The van der Waals surface area contributed by atoms with E-state index in [-0.39, 0.29) is 0 Å². The number of nitrogens with zero attached hydrogens (tertiary/aromatic N) is 5. The van der Waals surface area contributed by atoms with Crippen molar-refractivity contribution in [2.24, 2.45) is 0 Å². The van der Waals surface area contributed by atoms with E-state index in [4.69, 9.17) is 4.98 Å². The van der Waals surface area contributed by atoms with E-state index in [0.29, 0.717) is 6.54 Å². The number of pyridine rings is 1. The molecule has 4 aromatic heterocycles. The Bertz CT molecular complexity index is 1210. The third kappa shape index (κ3) is 4.21. The lowest BCUT2D eigenvalue weighted by Gasteiger charge is -2.10. The van der Waals surface area contributed by atoms with Crippen molar-refractivity contribution in [1.82, 2.24) is 24.7 Å². The molecule has 0 fully saturated rings. The molecule has 0 saturated heterocycles. The highest BCUT2D eigenvalue weighted by atomic mass is 32.2. The molecule has 30 heavy (non-hydrogen) atoms. The molecule has 0 aliphatic heterocycles. The van der Waals surface area contributed by atoms with Crippen LogP contribution in [0.25, 0.3) is 22.0 Å². The molecule has 0 aliphatic carbocycles. The van der Waals surface area contributed by atoms with Gasteiger partial charge in [0.15, 0.2) is 11.0 Å². The van der Waals surface area contributed by atoms with Crippen LogP contribution in [-0.4, -0.2) is 24.7 Å². The fourth-order valence-electron chi connectivity index (χ4n) is 3.04. The maximum atomic E-state index is 4.78. The fourth-order valence-corrected chi connectivity index (χ4v) is 5.51. The quantitative estimate of drug-likeness (QED) is 0.292. The van der Waals surface area contributed by atoms with E-state index in [1.165, 1.54) is 11.1 Å². The Balaban J connectivity index is 1.41. The molecule has 8 heteroatoms. The van der Waals surface area contributed by atoms with Crippen molar-refractivity contribution < 1.29 is 0 Å². The van der Waals surface area contributed by atoms with Crippen molar-refractivity contribution >= 4 is 34.4 Å². The molecule has 1 aromatic carbocycles. The Morgan fingerprint density at radius 1 is 0.933 bits per heavy atom. The molecule has 0 bridgehead atoms. The molecule has 0 unspecified atom stereocenters. The molecule has 5 nitrogen and oxygen atoms in total. The Morgan fingerprint density at radius 2 is 1.87 bits per heavy atom. The van der Waals surface area contributed by atoms with Gasteiger partial charge in [0.1, 0.15) is 5.01 Å². The molecule has 148 valence electrons. The molecule has 0 saturated carbocycles. The van der Waals surface area contributed by atoms with E-state index in [2.05, 4.69) is 66.2 Å². The molecular formula is C22H17N5S3. The lowest BCUT2D eigenvalue weighted by Crippen LogP contribution is -2.04. The van der Waals surface area contributed by atoms with Gasteiger partial charge in [-0.05, 0) is 29.1 Å². The minimum atomic E-state index is 0.706. The Morgan fingerprint density at radius 3 is 2.67 bits per heavy atom. The highest BCUT2D eigenvalue weighted by Crippen LogP contribution is 2.30. The topological polar surface area (TPSA) is 56.5 Å². The Labute approximate surface area is 186 Å². The highest BCUT2D eigenvalue weighted by Gasteiger charge is 2.16. The molecule has 4 heterocycles. The van der Waals surface area contributed by atoms with Crippen LogP contribution in [0.5, 0.6) is 0 Å². The maximum Gasteiger partial charge on any atom is 0.192 e. The van der Waals surface area contributed by atoms with Gasteiger partial charge < -0.3 is 0 Å². The summed E-state index contributed by atoms with van der Waals surface area (Å²) in [6.45, 7) is 0.706. The molecule has 0 atom stereocenters. The molecular weight excluding hydrogens is 430 g/mol. The van der Waals surface area contributed by atoms with Crippen LogP contribution in [0, 0.1) is 0 Å². The molecule has 0 amide bonds. The minimum absolute atomic E-state index is 0.706. The predicted octanol–water partition coefficient (Wildman–Crippen LogP) is 5.87. The Hall–Kier alpha value is -2.81. The average molecular weight is 448 g/mol. The zero-order chi connectivity index (χ0) is 20.2. The van der Waals surface area contributed by atoms with E-state index >= 15 is 0 Å². The molecule has 0 spiro atoms. The third-order valence-corrected chi connectivity index (χ3v) is 7.11. The van der Waals surface area contributed by atoms with Crippen molar-refractivity contribution in [1.29, 1.82) is 0 Å². The maximum absolute atomic E-state index is 4.78. The summed E-state index contributed by atoms with van der Waals surface area (Å²) in [6.07, 6.45) is 3.60. The van der Waals surface area contributed by atoms with Crippen molar-refractivity contribution in [3.63, 3.8) is 0 Å². The van der Waals surface area contributed by atoms with Gasteiger partial charge in [0.05, 0.1) is 12.2 Å². The lowest BCUT2D eigenvalue weighted by molar-refractivity contribution is 0.714. The summed E-state index contributed by atoms with van der Waals surface area (Å²) >= 11 is 5.04. The molecule has 5 rings (SSSR count). The van der Waals surface area contributed by atoms with Crippen LogP contribution >= 0.6 is 34.4 Å². The summed E-state index contributed by atoms with van der Waals surface area (Å²) in [5, 5.41) is 17.2. The second kappa shape index (κ2) is 8.91. The van der Waals surface area contributed by atoms with Crippen LogP contribution in [0.2, 0.25) is 0 Å². The van der Waals surface area contributed by atoms with Gasteiger partial charge in [-0.15, -0.1) is 21.5 Å². The smallest absolute Gasteiger partial charge is 0.192 e. The second-order valence-corrected chi connectivity index (χ2v) is 9.14. The largest absolute Gasteiger partial charge is 0.297 e. The predicted molar refractivity (Wildman–Crippen MR) is 124 cm³/mol. The van der Waals surface area contributed by atoms with Crippen LogP contribution in [-0.2, 0) is 12.3 Å². The van der Waals surface area contributed by atoms with Gasteiger partial charge in [-0.1, -0.05) is 42.1 Å². The summed E-state index contributed by atoms with van der Waals surface area (Å²) in [5.74, 6) is 1.58. The van der Waals surface area contributed by atoms with Gasteiger partial charge >= 0.3 is 0 Å². The van der Waals surface area contributed by atoms with Crippen LogP contribution in [0.4, 0.5) is 0 Å². The van der Waals surface area contributed by atoms with Crippen molar-refractivity contribution in [3.8, 4) is 22.0 Å². The van der Waals surface area contributed by atoms with E-state index in [1.807, 2.05) is 24.4 Å². The zero-order valence-electron chi connectivity index (χ0n) is 15.9. The highest BCUT2D eigenvalue weighted by molar-refractivity contribution is 7.98. The van der Waals surface area contributed by atoms with Crippen molar-refractivity contribution in [2.75, 3.05) is 0 Å². The molecule has 0 N–H and O–H groups in total. The summed E-state index contributed by atoms with van der Waals surface area (Å²) in [7, 11) is 0. The van der Waals surface area contributed by atoms with Crippen LogP contribution in [0.15, 0.2) is 82.2 Å². The standard InChI is InChI=1S/C22H17N5S3/c1-2-5-16(6-3-1)12-27-20(17-7-4-9-23-11-17)25-26-22(27)30-15-19-14-29-21(24-19)18-8-10-28-13-18/h1-11,13-14H,12,15H2. The molecule has 5 aromatic rings. The Kier molecular flexibility index (Phi) is 5.69. The lowest BCUT2D eigenvalue weighted by atomic mass is 10.2. The first-order chi connectivity index (χ1) is 14.9. The third-order valence-electron chi connectivity index (χ3n) is 4.49. The van der Waals surface area contributed by atoms with Gasteiger partial charge in [-0.3, -0.25) is 9.55 Å². The zero-order valence-corrected chi connectivity index (χ0v) is 18.3. The number of thiophene rings is 1. The number of thiazole rings is 1. The summed E-state index contributed by atoms with van der Waals surface area (Å²) in [4.78, 5) is 9.03. The van der Waals surface area contributed by atoms with Crippen LogP contribution in [0.3, 0.4) is 0 Å². The SMILES string of the molecule is c1ccc(Cn2c(SCc3csc(-c4ccsc4)n3)nnc2-c2cccnc2)cc1. The average Bonchev–Trinajstić information content (AvgIpc) is 3.55. The van der Waals surface area contributed by atoms with E-state index in [9.17, 15) is 0 Å². The normalized spacial score (nSPS) is 11.1. The fraction of sp³-hybridized carbons (Fsp3) is 0.0909. The van der Waals surface area contributed by atoms with Gasteiger partial charge in [-0.2, -0.15) is 11.3 Å². The number of rotatable bonds is 7. The van der Waals surface area contributed by atoms with Crippen LogP contribution < -0.4 is 0 Å². The number of aromatic nitrogens is 5. The van der Waals surface area contributed by atoms with Crippen LogP contribution in [0.1, 0.15) is 11.3 Å². The second-order valence-electron chi connectivity index (χ2n) is 6.56. The summed E-state index contributed by atoms with van der Waals surface area (Å²) in [6, 6.07) is 16.4. The van der Waals surface area contributed by atoms with E-state index < -0.39 is 0 Å². The number of benzene rings is 1. The molecule has 0 aliphatic rings. The van der Waals surface area contributed by atoms with Gasteiger partial charge in [0.25, 0.3) is 0 Å². The summed E-state index contributed by atoms with van der Waals surface area (Å²) < 4.78 is 2.16. The van der Waals surface area contributed by atoms with Gasteiger partial charge in [0.2, 0.25) is 0 Å². The summed E-state index contributed by atoms with van der Waals surface area (Å²) in [5.41, 5.74) is 4.41. The van der Waals surface area contributed by atoms with Gasteiger partial charge in [0, 0.05) is 40.0 Å². The monoisotopic (exact) mass is 447 g/mol. The van der Waals surface area contributed by atoms with Crippen molar-refractivity contribution in [3.05, 3.63) is 88.3 Å². The molecule has 0 radical (unpaired) electrons. The van der Waals surface area contributed by atoms with Crippen molar-refractivity contribution in [2.45, 2.75) is 17.5 Å². The first-order valence-electron chi connectivity index (χ1n) is 9.34. The number of hydrogen-bond acceptors (Lipinski definition) is 7. The first kappa shape index (κ1) is 19.2. The first-order valence-corrected chi connectivity index (χ1v) is 12.1. The number of thioether (sulfide) groups is 1. The number of hydrogen-bond donors (Lipinski definition) is 0. The van der Waals surface area contributed by atoms with E-state index in [1.54, 1.807) is 40.6 Å². The van der Waals surface area contributed by atoms with Gasteiger partial charge in [-0.25, -0.2) is 4.98 Å².